The highest BCUT2D eigenvalue weighted by atomic mass is 15.0. The summed E-state index contributed by atoms with van der Waals surface area (Å²) in [6.45, 7) is 4.70. The second kappa shape index (κ2) is 15.0. The van der Waals surface area contributed by atoms with E-state index in [1.54, 1.807) is 0 Å². The van der Waals surface area contributed by atoms with Gasteiger partial charge in [-0.1, -0.05) is 178 Å². The van der Waals surface area contributed by atoms with Crippen molar-refractivity contribution in [1.29, 1.82) is 0 Å². The van der Waals surface area contributed by atoms with Crippen molar-refractivity contribution in [3.05, 3.63) is 222 Å². The lowest BCUT2D eigenvalue weighted by molar-refractivity contribution is 0.509. The van der Waals surface area contributed by atoms with E-state index in [2.05, 4.69) is 200 Å². The van der Waals surface area contributed by atoms with Crippen molar-refractivity contribution in [3.8, 4) is 33.4 Å². The van der Waals surface area contributed by atoms with Gasteiger partial charge in [0.25, 0.3) is 0 Å². The molecule has 0 aromatic heterocycles. The van der Waals surface area contributed by atoms with Crippen LogP contribution >= 0.6 is 0 Å². The van der Waals surface area contributed by atoms with Gasteiger partial charge in [-0.05, 0) is 103 Å². The summed E-state index contributed by atoms with van der Waals surface area (Å²) in [6.07, 6.45) is 4.21. The maximum absolute atomic E-state index is 6.85. The number of rotatable bonds is 10. The molecular formula is C53H45N3. The highest BCUT2D eigenvalue weighted by Gasteiger charge is 2.36. The molecular weight excluding hydrogens is 679 g/mol. The summed E-state index contributed by atoms with van der Waals surface area (Å²) < 4.78 is 0. The molecule has 0 heterocycles. The molecule has 2 unspecified atom stereocenters. The molecule has 0 bridgehead atoms. The summed E-state index contributed by atoms with van der Waals surface area (Å²) in [7, 11) is 0. The minimum Gasteiger partial charge on any atom is -0.355 e. The monoisotopic (exact) mass is 723 g/mol. The molecule has 4 N–H and O–H groups in total. The molecule has 272 valence electrons. The van der Waals surface area contributed by atoms with Gasteiger partial charge in [0.2, 0.25) is 0 Å². The average Bonchev–Trinajstić information content (AvgIpc) is 3.47. The molecule has 0 radical (unpaired) electrons. The number of nitrogens with two attached hydrogens (primary N) is 1. The van der Waals surface area contributed by atoms with Gasteiger partial charge in [-0.3, -0.25) is 5.32 Å². The molecule has 0 saturated carbocycles. The van der Waals surface area contributed by atoms with Crippen LogP contribution in [0.2, 0.25) is 0 Å². The summed E-state index contributed by atoms with van der Waals surface area (Å²) >= 11 is 0. The summed E-state index contributed by atoms with van der Waals surface area (Å²) in [6, 6.07) is 66.8. The van der Waals surface area contributed by atoms with Crippen molar-refractivity contribution in [2.24, 2.45) is 5.73 Å². The third kappa shape index (κ3) is 6.84. The molecule has 8 aromatic carbocycles. The molecule has 0 aliphatic heterocycles. The van der Waals surface area contributed by atoms with Crippen LogP contribution < -0.4 is 16.4 Å². The molecule has 2 atom stereocenters. The quantitative estimate of drug-likeness (QED) is 0.123. The van der Waals surface area contributed by atoms with E-state index in [0.29, 0.717) is 0 Å². The number of benzene rings is 8. The van der Waals surface area contributed by atoms with E-state index in [4.69, 9.17) is 5.73 Å². The zero-order valence-electron chi connectivity index (χ0n) is 31.8. The van der Waals surface area contributed by atoms with Crippen LogP contribution in [0.25, 0.3) is 50.2 Å². The molecule has 8 aromatic rings. The normalized spacial score (nSPS) is 14.0. The lowest BCUT2D eigenvalue weighted by atomic mass is 9.81. The summed E-state index contributed by atoms with van der Waals surface area (Å²) in [5, 5.41) is 9.90. The van der Waals surface area contributed by atoms with Crippen LogP contribution in [0.1, 0.15) is 53.9 Å². The van der Waals surface area contributed by atoms with Crippen LogP contribution in [-0.4, -0.2) is 0 Å². The first kappa shape index (κ1) is 35.2. The Morgan fingerprint density at radius 1 is 0.518 bits per heavy atom. The third-order valence-electron chi connectivity index (χ3n) is 11.3. The van der Waals surface area contributed by atoms with Crippen LogP contribution in [0.5, 0.6) is 0 Å². The van der Waals surface area contributed by atoms with Crippen LogP contribution in [0.4, 0.5) is 11.4 Å². The number of anilines is 2. The van der Waals surface area contributed by atoms with Gasteiger partial charge in [-0.2, -0.15) is 0 Å². The number of hydrogen-bond acceptors (Lipinski definition) is 3. The minimum absolute atomic E-state index is 0.0977. The Morgan fingerprint density at radius 3 is 1.96 bits per heavy atom. The maximum Gasteiger partial charge on any atom is 0.0817 e. The fourth-order valence-corrected chi connectivity index (χ4v) is 8.32. The van der Waals surface area contributed by atoms with Crippen LogP contribution in [-0.2, 0) is 5.41 Å². The Kier molecular flexibility index (Phi) is 9.40. The van der Waals surface area contributed by atoms with Crippen molar-refractivity contribution in [2.45, 2.75) is 31.5 Å². The Bertz CT molecular complexity index is 2680. The van der Waals surface area contributed by atoms with Crippen LogP contribution in [0.15, 0.2) is 194 Å². The van der Waals surface area contributed by atoms with E-state index >= 15 is 0 Å². The van der Waals surface area contributed by atoms with Crippen molar-refractivity contribution in [1.82, 2.24) is 5.32 Å². The highest BCUT2D eigenvalue weighted by molar-refractivity contribution is 5.96. The maximum atomic E-state index is 6.85. The van der Waals surface area contributed by atoms with Gasteiger partial charge in [0.15, 0.2) is 0 Å². The smallest absolute Gasteiger partial charge is 0.0817 e. The lowest BCUT2D eigenvalue weighted by Crippen LogP contribution is -2.31. The summed E-state index contributed by atoms with van der Waals surface area (Å²) in [5.41, 5.74) is 22.3. The van der Waals surface area contributed by atoms with Crippen molar-refractivity contribution in [2.75, 3.05) is 5.32 Å². The van der Waals surface area contributed by atoms with Crippen LogP contribution in [0.3, 0.4) is 0 Å². The Balaban J connectivity index is 1.05. The van der Waals surface area contributed by atoms with Gasteiger partial charge < -0.3 is 11.1 Å². The first-order valence-electron chi connectivity index (χ1n) is 19.5. The molecule has 0 spiro atoms. The first-order chi connectivity index (χ1) is 27.4. The Labute approximate surface area is 330 Å². The number of para-hydroxylation sites is 2. The SMILES string of the molecule is CC1(C)c2cc3ccccc3cc2-c2c(/C=C/C(NC(N)c3ccccc3)c3ccc(-c4cccc(-c5ccccc5Nc5ccccc5)c4)cc3)cccc21. The van der Waals surface area contributed by atoms with Gasteiger partial charge in [0.1, 0.15) is 0 Å². The highest BCUT2D eigenvalue weighted by Crippen LogP contribution is 2.51. The third-order valence-corrected chi connectivity index (χ3v) is 11.3. The van der Waals surface area contributed by atoms with Gasteiger partial charge >= 0.3 is 0 Å². The fourth-order valence-electron chi connectivity index (χ4n) is 8.32. The lowest BCUT2D eigenvalue weighted by Gasteiger charge is -2.23. The average molecular weight is 724 g/mol. The van der Waals surface area contributed by atoms with Crippen molar-refractivity contribution < 1.29 is 0 Å². The molecule has 0 amide bonds. The second-order valence-corrected chi connectivity index (χ2v) is 15.3. The van der Waals surface area contributed by atoms with E-state index in [-0.39, 0.29) is 17.6 Å². The molecule has 9 rings (SSSR count). The standard InChI is InChI=1S/C53H45N3/c1-53(2)47-25-14-19-38(51(47)46-34-41-17-9-10-18-42(41)35-48(46)53)31-32-49(56-52(54)39-15-5-3-6-16-39)37-29-27-36(28-30-37)40-20-13-21-43(33-40)45-24-11-12-26-50(45)55-44-22-7-4-8-23-44/h3-35,49,52,55-56H,54H2,1-2H3/b32-31+. The molecule has 3 nitrogen and oxygen atoms in total. The van der Waals surface area contributed by atoms with Gasteiger partial charge in [-0.25, -0.2) is 0 Å². The molecule has 0 fully saturated rings. The number of hydrogen-bond donors (Lipinski definition) is 3. The number of nitrogens with one attached hydrogen (secondary N) is 2. The zero-order chi connectivity index (χ0) is 38.1. The minimum atomic E-state index is -0.348. The van der Waals surface area contributed by atoms with E-state index in [0.717, 1.165) is 39.2 Å². The van der Waals surface area contributed by atoms with Gasteiger partial charge in [-0.15, -0.1) is 0 Å². The van der Waals surface area contributed by atoms with Crippen molar-refractivity contribution in [3.63, 3.8) is 0 Å². The van der Waals surface area contributed by atoms with Gasteiger partial charge in [0, 0.05) is 22.4 Å². The summed E-state index contributed by atoms with van der Waals surface area (Å²) in [5.74, 6) is 0. The molecule has 1 aliphatic rings. The molecule has 56 heavy (non-hydrogen) atoms. The first-order valence-corrected chi connectivity index (χ1v) is 19.5. The van der Waals surface area contributed by atoms with E-state index in [1.807, 2.05) is 24.3 Å². The second-order valence-electron chi connectivity index (χ2n) is 15.3. The predicted octanol–water partition coefficient (Wildman–Crippen LogP) is 13.2. The van der Waals surface area contributed by atoms with Crippen LogP contribution in [0, 0.1) is 0 Å². The van der Waals surface area contributed by atoms with Gasteiger partial charge in [0.05, 0.1) is 12.2 Å². The largest absolute Gasteiger partial charge is 0.355 e. The Hall–Kier alpha value is -6.52. The predicted molar refractivity (Wildman–Crippen MR) is 237 cm³/mol. The topological polar surface area (TPSA) is 50.1 Å². The fraction of sp³-hybridized carbons (Fsp3) is 0.0943. The molecule has 3 heteroatoms. The molecule has 0 saturated heterocycles. The molecule has 1 aliphatic carbocycles. The number of fused-ring (bicyclic) bond motifs is 4. The Morgan fingerprint density at radius 2 is 1.18 bits per heavy atom. The van der Waals surface area contributed by atoms with E-state index in [1.165, 1.54) is 44.2 Å². The summed E-state index contributed by atoms with van der Waals surface area (Å²) in [4.78, 5) is 0. The van der Waals surface area contributed by atoms with E-state index in [9.17, 15) is 0 Å². The van der Waals surface area contributed by atoms with E-state index < -0.39 is 0 Å². The zero-order valence-corrected chi connectivity index (χ0v) is 31.8. The van der Waals surface area contributed by atoms with Crippen molar-refractivity contribution >= 4 is 28.2 Å².